The summed E-state index contributed by atoms with van der Waals surface area (Å²) in [5, 5.41) is 7.01. The summed E-state index contributed by atoms with van der Waals surface area (Å²) < 4.78 is 0. The lowest BCUT2D eigenvalue weighted by molar-refractivity contribution is -0.138. The van der Waals surface area contributed by atoms with Crippen LogP contribution in [0.1, 0.15) is 65.2 Å². The molecule has 2 aliphatic rings. The van der Waals surface area contributed by atoms with Crippen LogP contribution in [0.25, 0.3) is 0 Å². The maximum Gasteiger partial charge on any atom is 0.230 e. The van der Waals surface area contributed by atoms with E-state index in [0.717, 1.165) is 31.6 Å². The predicted octanol–water partition coefficient (Wildman–Crippen LogP) is 2.77. The molecule has 0 heterocycles. The zero-order valence-electron chi connectivity index (χ0n) is 16.2. The van der Waals surface area contributed by atoms with Crippen molar-refractivity contribution >= 4 is 11.9 Å². The number of hydrogen-bond acceptors (Lipinski definition) is 2. The number of guanidine groups is 1. The molecular formula is C19H36N4O. The topological polar surface area (TPSA) is 56.7 Å². The molecule has 0 saturated heterocycles. The van der Waals surface area contributed by atoms with Crippen molar-refractivity contribution in [1.82, 2.24) is 15.5 Å². The van der Waals surface area contributed by atoms with Crippen molar-refractivity contribution in [3.8, 4) is 0 Å². The summed E-state index contributed by atoms with van der Waals surface area (Å²) in [4.78, 5) is 18.8. The highest BCUT2D eigenvalue weighted by molar-refractivity contribution is 5.85. The Morgan fingerprint density at radius 1 is 1.12 bits per heavy atom. The predicted molar refractivity (Wildman–Crippen MR) is 100 cm³/mol. The fraction of sp³-hybridized carbons (Fsp3) is 0.895. The lowest BCUT2D eigenvalue weighted by Crippen LogP contribution is -2.51. The second kappa shape index (κ2) is 7.75. The first kappa shape index (κ1) is 19.1. The Labute approximate surface area is 147 Å². The van der Waals surface area contributed by atoms with Gasteiger partial charge in [-0.15, -0.1) is 0 Å². The highest BCUT2D eigenvalue weighted by atomic mass is 16.2. The Morgan fingerprint density at radius 2 is 1.71 bits per heavy atom. The third kappa shape index (κ3) is 4.64. The molecule has 24 heavy (non-hydrogen) atoms. The fourth-order valence-electron chi connectivity index (χ4n) is 4.18. The van der Waals surface area contributed by atoms with Crippen LogP contribution in [0.15, 0.2) is 4.99 Å². The lowest BCUT2D eigenvalue weighted by Gasteiger charge is -2.36. The van der Waals surface area contributed by atoms with E-state index in [1.54, 1.807) is 4.90 Å². The van der Waals surface area contributed by atoms with Crippen LogP contribution in [0.4, 0.5) is 0 Å². The average Bonchev–Trinajstić information content (AvgIpc) is 3.02. The highest BCUT2D eigenvalue weighted by Crippen LogP contribution is 2.39. The maximum absolute atomic E-state index is 12.7. The Bertz CT molecular complexity index is 454. The molecule has 1 amide bonds. The first-order valence-electron chi connectivity index (χ1n) is 9.47. The second-order valence-electron chi connectivity index (χ2n) is 8.70. The molecule has 138 valence electrons. The number of nitrogens with zero attached hydrogens (tertiary/aromatic N) is 2. The second-order valence-corrected chi connectivity index (χ2v) is 8.70. The van der Waals surface area contributed by atoms with Crippen LogP contribution in [0.2, 0.25) is 0 Å². The van der Waals surface area contributed by atoms with Crippen molar-refractivity contribution in [1.29, 1.82) is 0 Å². The molecule has 0 bridgehead atoms. The van der Waals surface area contributed by atoms with E-state index in [1.807, 2.05) is 21.1 Å². The third-order valence-corrected chi connectivity index (χ3v) is 5.92. The minimum atomic E-state index is -0.254. The van der Waals surface area contributed by atoms with E-state index in [-0.39, 0.29) is 11.3 Å². The monoisotopic (exact) mass is 336 g/mol. The molecule has 2 N–H and O–H groups in total. The Morgan fingerprint density at radius 3 is 2.21 bits per heavy atom. The average molecular weight is 337 g/mol. The number of carbonyl (C=O) groups is 1. The summed E-state index contributed by atoms with van der Waals surface area (Å²) in [5.74, 6) is 1.10. The van der Waals surface area contributed by atoms with Crippen molar-refractivity contribution in [2.75, 3.05) is 27.7 Å². The van der Waals surface area contributed by atoms with Crippen molar-refractivity contribution < 1.29 is 4.79 Å². The molecule has 0 unspecified atom stereocenters. The van der Waals surface area contributed by atoms with Gasteiger partial charge in [-0.2, -0.15) is 0 Å². The van der Waals surface area contributed by atoms with E-state index in [2.05, 4.69) is 29.5 Å². The highest BCUT2D eigenvalue weighted by Gasteiger charge is 2.42. The molecule has 0 aromatic heterocycles. The summed E-state index contributed by atoms with van der Waals surface area (Å²) in [6, 6.07) is 0.494. The maximum atomic E-state index is 12.7. The van der Waals surface area contributed by atoms with Crippen molar-refractivity contribution in [2.24, 2.45) is 15.8 Å². The molecule has 2 saturated carbocycles. The summed E-state index contributed by atoms with van der Waals surface area (Å²) >= 11 is 0. The standard InChI is InChI=1S/C19H36N4O/c1-18(2)12-8-15(9-13-18)22-17(20-3)21-14-19(10-6-7-11-19)16(24)23(4)5/h15H,6-14H2,1-5H3,(H2,20,21,22). The molecular weight excluding hydrogens is 300 g/mol. The molecule has 2 rings (SSSR count). The zero-order valence-corrected chi connectivity index (χ0v) is 16.2. The quantitative estimate of drug-likeness (QED) is 0.613. The summed E-state index contributed by atoms with van der Waals surface area (Å²) in [5.41, 5.74) is 0.219. The molecule has 0 aliphatic heterocycles. The number of nitrogens with one attached hydrogen (secondary N) is 2. The van der Waals surface area contributed by atoms with E-state index >= 15 is 0 Å². The fourth-order valence-corrected chi connectivity index (χ4v) is 4.18. The van der Waals surface area contributed by atoms with Gasteiger partial charge in [-0.05, 0) is 43.9 Å². The minimum Gasteiger partial charge on any atom is -0.355 e. The molecule has 0 radical (unpaired) electrons. The van der Waals surface area contributed by atoms with E-state index in [1.165, 1.54) is 25.7 Å². The van der Waals surface area contributed by atoms with Gasteiger partial charge < -0.3 is 15.5 Å². The SMILES string of the molecule is CN=C(NCC1(C(=O)N(C)C)CCCC1)NC1CCC(C)(C)CC1. The van der Waals surface area contributed by atoms with E-state index in [4.69, 9.17) is 0 Å². The number of carbonyl (C=O) groups excluding carboxylic acids is 1. The van der Waals surface area contributed by atoms with Crippen molar-refractivity contribution in [3.05, 3.63) is 0 Å². The van der Waals surface area contributed by atoms with E-state index in [0.29, 0.717) is 18.0 Å². The molecule has 0 spiro atoms. The molecule has 2 aliphatic carbocycles. The first-order chi connectivity index (χ1) is 11.3. The summed E-state index contributed by atoms with van der Waals surface area (Å²) in [6.07, 6.45) is 9.13. The number of amides is 1. The third-order valence-electron chi connectivity index (χ3n) is 5.92. The largest absolute Gasteiger partial charge is 0.355 e. The molecule has 0 atom stereocenters. The van der Waals surface area contributed by atoms with E-state index in [9.17, 15) is 4.79 Å². The van der Waals surface area contributed by atoms with Crippen LogP contribution in [0.3, 0.4) is 0 Å². The van der Waals surface area contributed by atoms with E-state index < -0.39 is 0 Å². The van der Waals surface area contributed by atoms with Gasteiger partial charge in [0.1, 0.15) is 0 Å². The van der Waals surface area contributed by atoms with Crippen LogP contribution in [0.5, 0.6) is 0 Å². The zero-order chi connectivity index (χ0) is 17.8. The van der Waals surface area contributed by atoms with Gasteiger partial charge >= 0.3 is 0 Å². The minimum absolute atomic E-state index is 0.252. The lowest BCUT2D eigenvalue weighted by atomic mass is 9.75. The smallest absolute Gasteiger partial charge is 0.230 e. The van der Waals surface area contributed by atoms with Crippen LogP contribution in [-0.2, 0) is 4.79 Å². The number of hydrogen-bond donors (Lipinski definition) is 2. The van der Waals surface area contributed by atoms with Gasteiger partial charge in [0.15, 0.2) is 5.96 Å². The molecule has 0 aromatic carbocycles. The van der Waals surface area contributed by atoms with Gasteiger partial charge in [0.25, 0.3) is 0 Å². The van der Waals surface area contributed by atoms with Crippen LogP contribution in [-0.4, -0.2) is 50.5 Å². The summed E-state index contributed by atoms with van der Waals surface area (Å²) in [6.45, 7) is 5.39. The van der Waals surface area contributed by atoms with Gasteiger partial charge in [0.05, 0.1) is 5.41 Å². The normalized spacial score (nSPS) is 23.8. The molecule has 5 heteroatoms. The van der Waals surface area contributed by atoms with Gasteiger partial charge in [-0.25, -0.2) is 0 Å². The number of rotatable bonds is 4. The van der Waals surface area contributed by atoms with Gasteiger partial charge in [-0.1, -0.05) is 26.7 Å². The van der Waals surface area contributed by atoms with Crippen LogP contribution in [0, 0.1) is 10.8 Å². The van der Waals surface area contributed by atoms with Gasteiger partial charge in [-0.3, -0.25) is 9.79 Å². The molecule has 2 fully saturated rings. The van der Waals surface area contributed by atoms with Gasteiger partial charge in [0.2, 0.25) is 5.91 Å². The number of aliphatic imine (C=N–C) groups is 1. The Hall–Kier alpha value is -1.26. The van der Waals surface area contributed by atoms with Crippen LogP contribution < -0.4 is 10.6 Å². The van der Waals surface area contributed by atoms with Crippen molar-refractivity contribution in [2.45, 2.75) is 71.3 Å². The molecule has 5 nitrogen and oxygen atoms in total. The van der Waals surface area contributed by atoms with Gasteiger partial charge in [0, 0.05) is 33.7 Å². The summed E-state index contributed by atoms with van der Waals surface area (Å²) in [7, 11) is 5.54. The Balaban J connectivity index is 1.90. The Kier molecular flexibility index (Phi) is 6.16. The molecule has 0 aromatic rings. The van der Waals surface area contributed by atoms with Crippen molar-refractivity contribution in [3.63, 3.8) is 0 Å². The first-order valence-corrected chi connectivity index (χ1v) is 9.47. The van der Waals surface area contributed by atoms with Crippen LogP contribution >= 0.6 is 0 Å².